The standard InChI is InChI=1S/C71H110O6/c1-4-7-10-13-16-19-22-25-28-30-31-32-33-34-35-36-37-38-39-41-43-46-49-52-55-58-61-64-70(73)76-67-68(66-75-69(72)63-60-57-54-51-48-45-42-27-24-21-18-15-12-9-6-3)77-71(74)65-62-59-56-53-50-47-44-40-29-26-23-20-17-14-11-8-5-2/h7-12,16-21,25-29,31-32,34-35,37-38,42,44,47-48,51,68H,4-6,13-15,22-24,30,33,36,39-41,43,45-46,49-50,52-67H2,1-3H3/b10-7-,11-8-,12-9-,19-16-,20-17-,21-18-,28-25-,29-26-,32-31-,35-34-,38-37-,42-27-,47-44-,51-48-. The molecule has 77 heavy (non-hydrogen) atoms. The van der Waals surface area contributed by atoms with Crippen molar-refractivity contribution in [2.24, 2.45) is 0 Å². The Balaban J connectivity index is 4.46. The summed E-state index contributed by atoms with van der Waals surface area (Å²) in [5.74, 6) is -0.996. The highest BCUT2D eigenvalue weighted by molar-refractivity contribution is 5.71. The fourth-order valence-corrected chi connectivity index (χ4v) is 7.72. The number of hydrogen-bond donors (Lipinski definition) is 0. The maximum absolute atomic E-state index is 12.9. The van der Waals surface area contributed by atoms with Crippen LogP contribution in [0, 0.1) is 0 Å². The maximum Gasteiger partial charge on any atom is 0.306 e. The number of unbranched alkanes of at least 4 members (excludes halogenated alkanes) is 14. The lowest BCUT2D eigenvalue weighted by Crippen LogP contribution is -2.30. The van der Waals surface area contributed by atoms with E-state index in [4.69, 9.17) is 14.2 Å². The molecule has 0 aliphatic carbocycles. The van der Waals surface area contributed by atoms with Gasteiger partial charge in [-0.15, -0.1) is 0 Å². The third-order valence-corrected chi connectivity index (χ3v) is 12.2. The van der Waals surface area contributed by atoms with Crippen LogP contribution in [0.4, 0.5) is 0 Å². The molecule has 6 heteroatoms. The van der Waals surface area contributed by atoms with E-state index < -0.39 is 6.10 Å². The van der Waals surface area contributed by atoms with Gasteiger partial charge in [-0.25, -0.2) is 0 Å². The van der Waals surface area contributed by atoms with Gasteiger partial charge in [-0.05, 0) is 148 Å². The first-order chi connectivity index (χ1) is 38.0. The van der Waals surface area contributed by atoms with Crippen molar-refractivity contribution in [3.63, 3.8) is 0 Å². The fourth-order valence-electron chi connectivity index (χ4n) is 7.72. The van der Waals surface area contributed by atoms with E-state index in [0.29, 0.717) is 19.3 Å². The minimum absolute atomic E-state index is 0.114. The Morgan fingerprint density at radius 2 is 0.468 bits per heavy atom. The van der Waals surface area contributed by atoms with Crippen LogP contribution in [0.15, 0.2) is 170 Å². The fraction of sp³-hybridized carbons (Fsp3) is 0.563. The summed E-state index contributed by atoms with van der Waals surface area (Å²) in [7, 11) is 0. The van der Waals surface area contributed by atoms with Crippen molar-refractivity contribution in [3.8, 4) is 0 Å². The molecule has 0 rings (SSSR count). The van der Waals surface area contributed by atoms with Crippen LogP contribution in [0.25, 0.3) is 0 Å². The van der Waals surface area contributed by atoms with Crippen molar-refractivity contribution >= 4 is 17.9 Å². The minimum Gasteiger partial charge on any atom is -0.462 e. The topological polar surface area (TPSA) is 78.9 Å². The summed E-state index contributed by atoms with van der Waals surface area (Å²) in [6.45, 7) is 6.22. The minimum atomic E-state index is -0.822. The first kappa shape index (κ1) is 71.8. The summed E-state index contributed by atoms with van der Waals surface area (Å²) >= 11 is 0. The van der Waals surface area contributed by atoms with E-state index in [1.54, 1.807) is 0 Å². The molecule has 0 saturated carbocycles. The molecule has 0 aromatic rings. The molecule has 0 aromatic carbocycles. The van der Waals surface area contributed by atoms with Crippen LogP contribution in [0.1, 0.15) is 239 Å². The maximum atomic E-state index is 12.9. The molecule has 6 nitrogen and oxygen atoms in total. The first-order valence-electron chi connectivity index (χ1n) is 30.6. The predicted molar refractivity (Wildman–Crippen MR) is 334 cm³/mol. The van der Waals surface area contributed by atoms with Crippen LogP contribution >= 0.6 is 0 Å². The Labute approximate surface area is 472 Å². The zero-order chi connectivity index (χ0) is 55.7. The highest BCUT2D eigenvalue weighted by Gasteiger charge is 2.19. The lowest BCUT2D eigenvalue weighted by Gasteiger charge is -2.18. The second kappa shape index (κ2) is 63.3. The zero-order valence-corrected chi connectivity index (χ0v) is 49.1. The normalized spacial score (nSPS) is 13.3. The van der Waals surface area contributed by atoms with Crippen molar-refractivity contribution in [1.29, 1.82) is 0 Å². The van der Waals surface area contributed by atoms with E-state index in [-0.39, 0.29) is 37.5 Å². The van der Waals surface area contributed by atoms with Gasteiger partial charge in [0.25, 0.3) is 0 Å². The molecule has 0 aliphatic heterocycles. The molecule has 0 aromatic heterocycles. The number of carbonyl (C=O) groups is 3. The molecular formula is C71H110O6. The van der Waals surface area contributed by atoms with Gasteiger partial charge in [0.05, 0.1) is 0 Å². The second-order valence-corrected chi connectivity index (χ2v) is 19.5. The first-order valence-corrected chi connectivity index (χ1v) is 30.6. The van der Waals surface area contributed by atoms with Crippen molar-refractivity contribution in [2.75, 3.05) is 13.2 Å². The van der Waals surface area contributed by atoms with E-state index in [1.807, 2.05) is 0 Å². The van der Waals surface area contributed by atoms with Crippen LogP contribution in [-0.4, -0.2) is 37.2 Å². The van der Waals surface area contributed by atoms with Crippen molar-refractivity contribution in [3.05, 3.63) is 170 Å². The Morgan fingerprint density at radius 3 is 0.753 bits per heavy atom. The third-order valence-electron chi connectivity index (χ3n) is 12.2. The molecule has 0 radical (unpaired) electrons. The molecule has 1 atom stereocenters. The molecule has 0 aliphatic rings. The number of rotatable bonds is 53. The Bertz CT molecular complexity index is 1790. The number of hydrogen-bond acceptors (Lipinski definition) is 6. The SMILES string of the molecule is CC/C=C\C/C=C\C/C=C\C/C=C\C/C=C\C/C=C\CCCCCCCCCCC(=O)OCC(COC(=O)CCCC/C=C\C/C=C\C/C=C\C/C=C\CC)OC(=O)CCCCCC/C=C\C/C=C\C/C=C\C/C=C\CC. The molecule has 1 unspecified atom stereocenters. The van der Waals surface area contributed by atoms with E-state index >= 15 is 0 Å². The van der Waals surface area contributed by atoms with Gasteiger partial charge in [0.1, 0.15) is 13.2 Å². The molecule has 0 amide bonds. The Kier molecular flexibility index (Phi) is 59.0. The van der Waals surface area contributed by atoms with Crippen molar-refractivity contribution in [2.45, 2.75) is 245 Å². The average Bonchev–Trinajstić information content (AvgIpc) is 3.43. The Hall–Kier alpha value is -5.23. The number of esters is 3. The van der Waals surface area contributed by atoms with Gasteiger partial charge in [-0.2, -0.15) is 0 Å². The van der Waals surface area contributed by atoms with Crippen LogP contribution in [0.5, 0.6) is 0 Å². The molecular weight excluding hydrogens is 949 g/mol. The van der Waals surface area contributed by atoms with Gasteiger partial charge in [0.15, 0.2) is 6.10 Å². The molecule has 0 heterocycles. The van der Waals surface area contributed by atoms with Crippen LogP contribution in [-0.2, 0) is 28.6 Å². The van der Waals surface area contributed by atoms with Gasteiger partial charge in [0, 0.05) is 19.3 Å². The lowest BCUT2D eigenvalue weighted by molar-refractivity contribution is -0.167. The van der Waals surface area contributed by atoms with Crippen LogP contribution in [0.3, 0.4) is 0 Å². The van der Waals surface area contributed by atoms with Gasteiger partial charge in [0.2, 0.25) is 0 Å². The molecule has 0 fully saturated rings. The predicted octanol–water partition coefficient (Wildman–Crippen LogP) is 21.1. The zero-order valence-electron chi connectivity index (χ0n) is 49.1. The molecule has 0 saturated heterocycles. The quantitative estimate of drug-likeness (QED) is 0.0261. The second-order valence-electron chi connectivity index (χ2n) is 19.5. The van der Waals surface area contributed by atoms with Crippen LogP contribution < -0.4 is 0 Å². The molecule has 0 N–H and O–H groups in total. The molecule has 430 valence electrons. The molecule has 0 spiro atoms. The average molecular weight is 1060 g/mol. The van der Waals surface area contributed by atoms with Crippen molar-refractivity contribution < 1.29 is 28.6 Å². The van der Waals surface area contributed by atoms with E-state index in [1.165, 1.54) is 32.1 Å². The summed E-state index contributed by atoms with van der Waals surface area (Å²) in [5.41, 5.74) is 0. The number of ether oxygens (including phenoxy) is 3. The smallest absolute Gasteiger partial charge is 0.306 e. The van der Waals surface area contributed by atoms with E-state index in [9.17, 15) is 14.4 Å². The lowest BCUT2D eigenvalue weighted by atomic mass is 10.1. The highest BCUT2D eigenvalue weighted by atomic mass is 16.6. The summed E-state index contributed by atoms with van der Waals surface area (Å²) in [4.78, 5) is 38.3. The monoisotopic (exact) mass is 1060 g/mol. The van der Waals surface area contributed by atoms with Gasteiger partial charge in [-0.1, -0.05) is 242 Å². The van der Waals surface area contributed by atoms with E-state index in [2.05, 4.69) is 191 Å². The van der Waals surface area contributed by atoms with Crippen LogP contribution in [0.2, 0.25) is 0 Å². The third kappa shape index (κ3) is 61.5. The number of allylic oxidation sites excluding steroid dienone is 28. The summed E-state index contributed by atoms with van der Waals surface area (Å²) in [6.07, 6.45) is 93.5. The van der Waals surface area contributed by atoms with Crippen molar-refractivity contribution in [1.82, 2.24) is 0 Å². The van der Waals surface area contributed by atoms with Gasteiger partial charge >= 0.3 is 17.9 Å². The number of carbonyl (C=O) groups excluding carboxylic acids is 3. The Morgan fingerprint density at radius 1 is 0.260 bits per heavy atom. The summed E-state index contributed by atoms with van der Waals surface area (Å²) in [6, 6.07) is 0. The van der Waals surface area contributed by atoms with Gasteiger partial charge in [-0.3, -0.25) is 14.4 Å². The highest BCUT2D eigenvalue weighted by Crippen LogP contribution is 2.13. The van der Waals surface area contributed by atoms with E-state index in [0.717, 1.165) is 161 Å². The largest absolute Gasteiger partial charge is 0.462 e. The summed E-state index contributed by atoms with van der Waals surface area (Å²) < 4.78 is 16.8. The summed E-state index contributed by atoms with van der Waals surface area (Å²) in [5, 5.41) is 0. The van der Waals surface area contributed by atoms with Gasteiger partial charge < -0.3 is 14.2 Å². The molecule has 0 bridgehead atoms.